The third-order valence-electron chi connectivity index (χ3n) is 8.22. The smallest absolute Gasteiger partial charge is 0.272 e. The summed E-state index contributed by atoms with van der Waals surface area (Å²) < 4.78 is 1.27. The Morgan fingerprint density at radius 2 is 1.51 bits per heavy atom. The summed E-state index contributed by atoms with van der Waals surface area (Å²) in [5.74, 6) is -2.63. The third kappa shape index (κ3) is 2.96. The number of benzene rings is 4. The zero-order valence-corrected chi connectivity index (χ0v) is 20.6. The number of para-hydroxylation sites is 2. The van der Waals surface area contributed by atoms with Gasteiger partial charge in [0.1, 0.15) is 11.6 Å². The van der Waals surface area contributed by atoms with Gasteiger partial charge >= 0.3 is 0 Å². The number of fused-ring (bicyclic) bond motifs is 7. The molecule has 4 heterocycles. The van der Waals surface area contributed by atoms with Gasteiger partial charge in [0.15, 0.2) is 0 Å². The quantitative estimate of drug-likeness (QED) is 0.328. The van der Waals surface area contributed by atoms with Crippen LogP contribution in [0.4, 0.5) is 11.4 Å². The molecule has 39 heavy (non-hydrogen) atoms. The largest absolute Gasteiger partial charge is 0.351 e. The monoisotopic (exact) mass is 511 g/mol. The Balaban J connectivity index is 1.29. The van der Waals surface area contributed by atoms with Crippen LogP contribution in [0.2, 0.25) is 0 Å². The first-order valence-electron chi connectivity index (χ1n) is 12.9. The molecule has 0 spiro atoms. The number of hydrogen-bond acceptors (Lipinski definition) is 6. The van der Waals surface area contributed by atoms with Gasteiger partial charge in [-0.3, -0.25) is 14.4 Å². The van der Waals surface area contributed by atoms with E-state index < -0.39 is 23.9 Å². The van der Waals surface area contributed by atoms with Crippen molar-refractivity contribution in [2.45, 2.75) is 12.1 Å². The number of aromatic nitrogens is 3. The average Bonchev–Trinajstić information content (AvgIpc) is 3.63. The minimum atomic E-state index is -0.932. The first-order valence-corrected chi connectivity index (χ1v) is 12.9. The summed E-state index contributed by atoms with van der Waals surface area (Å²) in [7, 11) is 0. The summed E-state index contributed by atoms with van der Waals surface area (Å²) in [4.78, 5) is 45.8. The lowest BCUT2D eigenvalue weighted by molar-refractivity contribution is -0.122. The lowest BCUT2D eigenvalue weighted by Crippen LogP contribution is -2.50. The molecule has 5 aromatic rings. The number of carbonyl (C=O) groups is 3. The highest BCUT2D eigenvalue weighted by Gasteiger charge is 2.64. The van der Waals surface area contributed by atoms with Crippen LogP contribution in [0.1, 0.15) is 10.4 Å². The number of nitrogens with zero attached hydrogens (tertiary/aromatic N) is 5. The van der Waals surface area contributed by atoms with Crippen LogP contribution in [0.25, 0.3) is 27.9 Å². The highest BCUT2D eigenvalue weighted by atomic mass is 16.2. The Morgan fingerprint density at radius 1 is 0.769 bits per heavy atom. The molecule has 2 fully saturated rings. The molecule has 3 aliphatic heterocycles. The molecule has 2 saturated heterocycles. The molecule has 8 nitrogen and oxygen atoms in total. The lowest BCUT2D eigenvalue weighted by Gasteiger charge is -2.36. The standard InChI is InChI=1S/C31H21N5O3/c37-29-26-25-16-14-19-8-3-5-11-23(19)35(25)28(31(39)36-24-12-6-4-10-22(24)32-33-36)27(26)30(38)34(29)21-15-13-18-7-1-2-9-20(18)17-21/h1-17,25-28H/t25-,26-,27+,28-/m0/s1. The first-order chi connectivity index (χ1) is 19.1. The number of hydrogen-bond donors (Lipinski definition) is 0. The number of carbonyl (C=O) groups excluding carboxylic acids is 3. The van der Waals surface area contributed by atoms with Crippen LogP contribution < -0.4 is 9.80 Å². The topological polar surface area (TPSA) is 88.4 Å². The van der Waals surface area contributed by atoms with Gasteiger partial charge in [0, 0.05) is 5.69 Å². The molecule has 4 aromatic carbocycles. The van der Waals surface area contributed by atoms with E-state index in [1.165, 1.54) is 9.58 Å². The Kier molecular flexibility index (Phi) is 4.47. The molecular weight excluding hydrogens is 490 g/mol. The van der Waals surface area contributed by atoms with E-state index in [4.69, 9.17) is 0 Å². The number of anilines is 2. The molecular formula is C31H21N5O3. The zero-order valence-electron chi connectivity index (χ0n) is 20.6. The second-order valence-electron chi connectivity index (χ2n) is 10.2. The summed E-state index contributed by atoms with van der Waals surface area (Å²) in [6, 6.07) is 27.0. The van der Waals surface area contributed by atoms with Gasteiger partial charge in [-0.15, -0.1) is 5.10 Å². The minimum Gasteiger partial charge on any atom is -0.351 e. The van der Waals surface area contributed by atoms with Gasteiger partial charge in [0.2, 0.25) is 11.8 Å². The molecule has 0 unspecified atom stereocenters. The molecule has 3 aliphatic rings. The second-order valence-corrected chi connectivity index (χ2v) is 10.2. The molecule has 0 bridgehead atoms. The fourth-order valence-electron chi connectivity index (χ4n) is 6.52. The number of imide groups is 1. The highest BCUT2D eigenvalue weighted by Crippen LogP contribution is 2.49. The van der Waals surface area contributed by atoms with Crippen molar-refractivity contribution in [1.29, 1.82) is 0 Å². The van der Waals surface area contributed by atoms with Crippen LogP contribution in [-0.2, 0) is 9.59 Å². The van der Waals surface area contributed by atoms with Crippen molar-refractivity contribution in [2.75, 3.05) is 9.80 Å². The molecule has 188 valence electrons. The van der Waals surface area contributed by atoms with E-state index in [-0.39, 0.29) is 17.7 Å². The average molecular weight is 512 g/mol. The van der Waals surface area contributed by atoms with Crippen LogP contribution in [0, 0.1) is 11.8 Å². The summed E-state index contributed by atoms with van der Waals surface area (Å²) in [5.41, 5.74) is 3.41. The third-order valence-corrected chi connectivity index (χ3v) is 8.22. The van der Waals surface area contributed by atoms with E-state index in [1.807, 2.05) is 89.8 Å². The molecule has 1 aromatic heterocycles. The summed E-state index contributed by atoms with van der Waals surface area (Å²) >= 11 is 0. The van der Waals surface area contributed by atoms with Gasteiger partial charge in [0.05, 0.1) is 29.1 Å². The van der Waals surface area contributed by atoms with E-state index in [1.54, 1.807) is 18.2 Å². The van der Waals surface area contributed by atoms with Crippen molar-refractivity contribution in [2.24, 2.45) is 11.8 Å². The Labute approximate surface area is 222 Å². The van der Waals surface area contributed by atoms with Crippen LogP contribution >= 0.6 is 0 Å². The normalized spacial score (nSPS) is 23.4. The minimum absolute atomic E-state index is 0.293. The molecule has 0 saturated carbocycles. The molecule has 8 rings (SSSR count). The molecule has 4 atom stereocenters. The van der Waals surface area contributed by atoms with Crippen molar-refractivity contribution in [3.63, 3.8) is 0 Å². The molecule has 2 amide bonds. The number of rotatable bonds is 2. The van der Waals surface area contributed by atoms with E-state index in [9.17, 15) is 14.4 Å². The summed E-state index contributed by atoms with van der Waals surface area (Å²) in [6.07, 6.45) is 3.92. The Morgan fingerprint density at radius 3 is 2.41 bits per heavy atom. The predicted molar refractivity (Wildman–Crippen MR) is 147 cm³/mol. The Bertz CT molecular complexity index is 1890. The van der Waals surface area contributed by atoms with Gasteiger partial charge in [-0.25, -0.2) is 4.90 Å². The van der Waals surface area contributed by atoms with E-state index >= 15 is 0 Å². The number of amides is 2. The second kappa shape index (κ2) is 7.94. The first kappa shape index (κ1) is 21.9. The summed E-state index contributed by atoms with van der Waals surface area (Å²) in [6.45, 7) is 0. The fraction of sp³-hybridized carbons (Fsp3) is 0.129. The SMILES string of the molecule is O=C1[C@@H]2[C@@H](C(=O)N1c1ccc3ccccc3c1)[C@@H]1C=Cc3ccccc3N1[C@@H]2C(=O)n1nnc2ccccc21. The van der Waals surface area contributed by atoms with Gasteiger partial charge < -0.3 is 4.90 Å². The van der Waals surface area contributed by atoms with Crippen LogP contribution in [0.3, 0.4) is 0 Å². The maximum absolute atomic E-state index is 14.3. The van der Waals surface area contributed by atoms with E-state index in [0.29, 0.717) is 16.7 Å². The van der Waals surface area contributed by atoms with Crippen LogP contribution in [0.15, 0.2) is 97.1 Å². The lowest BCUT2D eigenvalue weighted by atomic mass is 9.88. The van der Waals surface area contributed by atoms with Gasteiger partial charge in [0.25, 0.3) is 5.91 Å². The van der Waals surface area contributed by atoms with Gasteiger partial charge in [-0.1, -0.05) is 78.0 Å². The van der Waals surface area contributed by atoms with Crippen LogP contribution in [-0.4, -0.2) is 44.8 Å². The maximum atomic E-state index is 14.3. The van der Waals surface area contributed by atoms with Crippen molar-refractivity contribution < 1.29 is 14.4 Å². The van der Waals surface area contributed by atoms with E-state index in [2.05, 4.69) is 10.3 Å². The van der Waals surface area contributed by atoms with Crippen LogP contribution in [0.5, 0.6) is 0 Å². The van der Waals surface area contributed by atoms with Gasteiger partial charge in [-0.05, 0) is 46.7 Å². The summed E-state index contributed by atoms with van der Waals surface area (Å²) in [5, 5.41) is 10.3. The van der Waals surface area contributed by atoms with Gasteiger partial charge in [-0.2, -0.15) is 4.68 Å². The molecule has 0 N–H and O–H groups in total. The zero-order chi connectivity index (χ0) is 26.2. The van der Waals surface area contributed by atoms with Crippen molar-refractivity contribution >= 4 is 57.0 Å². The van der Waals surface area contributed by atoms with Crippen molar-refractivity contribution in [3.8, 4) is 0 Å². The molecule has 0 radical (unpaired) electrons. The predicted octanol–water partition coefficient (Wildman–Crippen LogP) is 4.31. The Hall–Kier alpha value is -5.11. The van der Waals surface area contributed by atoms with Crippen molar-refractivity contribution in [1.82, 2.24) is 15.0 Å². The molecule has 0 aliphatic carbocycles. The molecule has 8 heteroatoms. The fourth-order valence-corrected chi connectivity index (χ4v) is 6.52. The van der Waals surface area contributed by atoms with Crippen molar-refractivity contribution in [3.05, 3.63) is 103 Å². The highest BCUT2D eigenvalue weighted by molar-refractivity contribution is 6.25. The van der Waals surface area contributed by atoms with E-state index in [0.717, 1.165) is 22.0 Å². The maximum Gasteiger partial charge on any atom is 0.272 e.